The molecule has 3 rings (SSSR count). The first-order valence-electron chi connectivity index (χ1n) is 6.85. The lowest BCUT2D eigenvalue weighted by Gasteiger charge is -2.11. The molecular formula is C15H7F6N3O2. The number of aromatic carboxylic acids is 1. The Bertz CT molecular complexity index is 990. The number of hydrogen-bond acceptors (Lipinski definition) is 3. The van der Waals surface area contributed by atoms with Crippen molar-refractivity contribution in [2.24, 2.45) is 0 Å². The van der Waals surface area contributed by atoms with Crippen molar-refractivity contribution in [3.05, 3.63) is 53.5 Å². The highest BCUT2D eigenvalue weighted by molar-refractivity contribution is 5.88. The van der Waals surface area contributed by atoms with Gasteiger partial charge in [0, 0.05) is 11.9 Å². The van der Waals surface area contributed by atoms with Gasteiger partial charge in [-0.05, 0) is 30.3 Å². The molecule has 0 bridgehead atoms. The molecule has 0 radical (unpaired) electrons. The number of hydrogen-bond donors (Lipinski definition) is 1. The molecule has 0 aliphatic heterocycles. The van der Waals surface area contributed by atoms with Gasteiger partial charge >= 0.3 is 18.3 Å². The molecule has 5 nitrogen and oxygen atoms in total. The van der Waals surface area contributed by atoms with Gasteiger partial charge in [-0.25, -0.2) is 14.8 Å². The third kappa shape index (κ3) is 3.07. The van der Waals surface area contributed by atoms with E-state index in [9.17, 15) is 31.1 Å². The van der Waals surface area contributed by atoms with Crippen molar-refractivity contribution in [1.29, 1.82) is 0 Å². The van der Waals surface area contributed by atoms with Crippen LogP contribution in [-0.4, -0.2) is 25.6 Å². The fourth-order valence-corrected chi connectivity index (χ4v) is 2.31. The SMILES string of the molecule is O=C(O)c1ccc(-n2c(C(F)(F)F)nc3cc(C(F)(F)F)cnc32)cc1. The first kappa shape index (κ1) is 17.7. The number of halogens is 6. The summed E-state index contributed by atoms with van der Waals surface area (Å²) in [5.41, 5.74) is -2.57. The van der Waals surface area contributed by atoms with Crippen LogP contribution in [0.2, 0.25) is 0 Å². The van der Waals surface area contributed by atoms with E-state index in [0.717, 1.165) is 24.3 Å². The van der Waals surface area contributed by atoms with Gasteiger partial charge in [0.25, 0.3) is 0 Å². The maximum atomic E-state index is 13.3. The molecule has 0 saturated heterocycles. The van der Waals surface area contributed by atoms with E-state index in [1.165, 1.54) is 0 Å². The number of carbonyl (C=O) groups is 1. The van der Waals surface area contributed by atoms with Crippen molar-refractivity contribution in [2.75, 3.05) is 0 Å². The number of aromatic nitrogens is 3. The molecule has 0 spiro atoms. The quantitative estimate of drug-likeness (QED) is 0.683. The molecule has 0 fully saturated rings. The van der Waals surface area contributed by atoms with E-state index in [4.69, 9.17) is 5.11 Å². The van der Waals surface area contributed by atoms with Gasteiger partial charge in [-0.15, -0.1) is 0 Å². The molecule has 0 atom stereocenters. The van der Waals surface area contributed by atoms with Crippen LogP contribution >= 0.6 is 0 Å². The van der Waals surface area contributed by atoms with Crippen molar-refractivity contribution in [3.8, 4) is 5.69 Å². The zero-order valence-corrected chi connectivity index (χ0v) is 12.4. The highest BCUT2D eigenvalue weighted by Crippen LogP contribution is 2.35. The molecule has 0 aliphatic carbocycles. The number of benzene rings is 1. The number of imidazole rings is 1. The summed E-state index contributed by atoms with van der Waals surface area (Å²) < 4.78 is 78.6. The summed E-state index contributed by atoms with van der Waals surface area (Å²) in [5, 5.41) is 8.85. The van der Waals surface area contributed by atoms with Crippen molar-refractivity contribution in [2.45, 2.75) is 12.4 Å². The van der Waals surface area contributed by atoms with Crippen LogP contribution in [0.5, 0.6) is 0 Å². The number of rotatable bonds is 2. The minimum Gasteiger partial charge on any atom is -0.478 e. The minimum atomic E-state index is -4.97. The zero-order chi connectivity index (χ0) is 19.3. The van der Waals surface area contributed by atoms with Crippen LogP contribution in [-0.2, 0) is 12.4 Å². The zero-order valence-electron chi connectivity index (χ0n) is 12.4. The van der Waals surface area contributed by atoms with Crippen LogP contribution in [0, 0.1) is 0 Å². The Morgan fingerprint density at radius 1 is 1.00 bits per heavy atom. The van der Waals surface area contributed by atoms with E-state index in [1.54, 1.807) is 0 Å². The summed E-state index contributed by atoms with van der Waals surface area (Å²) >= 11 is 0. The maximum absolute atomic E-state index is 13.3. The molecule has 11 heteroatoms. The first-order valence-corrected chi connectivity index (χ1v) is 6.85. The number of pyridine rings is 1. The summed E-state index contributed by atoms with van der Waals surface area (Å²) in [6.45, 7) is 0. The number of carboxylic acids is 1. The van der Waals surface area contributed by atoms with Crippen LogP contribution in [0.3, 0.4) is 0 Å². The molecule has 0 saturated carbocycles. The van der Waals surface area contributed by atoms with Gasteiger partial charge < -0.3 is 5.11 Å². The summed E-state index contributed by atoms with van der Waals surface area (Å²) in [6.07, 6.45) is -9.34. The highest BCUT2D eigenvalue weighted by Gasteiger charge is 2.39. The largest absolute Gasteiger partial charge is 0.478 e. The number of fused-ring (bicyclic) bond motifs is 1. The lowest BCUT2D eigenvalue weighted by atomic mass is 10.2. The summed E-state index contributed by atoms with van der Waals surface area (Å²) in [7, 11) is 0. The molecule has 3 aromatic rings. The molecule has 136 valence electrons. The molecule has 26 heavy (non-hydrogen) atoms. The molecule has 0 aliphatic rings. The highest BCUT2D eigenvalue weighted by atomic mass is 19.4. The van der Waals surface area contributed by atoms with Crippen molar-refractivity contribution < 1.29 is 36.2 Å². The topological polar surface area (TPSA) is 68.0 Å². The third-order valence-corrected chi connectivity index (χ3v) is 3.45. The number of carboxylic acid groups (broad SMARTS) is 1. The lowest BCUT2D eigenvalue weighted by molar-refractivity contribution is -0.145. The smallest absolute Gasteiger partial charge is 0.450 e. The Labute approximate surface area is 140 Å². The van der Waals surface area contributed by atoms with Gasteiger partial charge in [0.05, 0.1) is 11.1 Å². The monoisotopic (exact) mass is 375 g/mol. The summed E-state index contributed by atoms with van der Waals surface area (Å²) in [4.78, 5) is 17.6. The van der Waals surface area contributed by atoms with Crippen molar-refractivity contribution in [3.63, 3.8) is 0 Å². The molecular weight excluding hydrogens is 368 g/mol. The van der Waals surface area contributed by atoms with E-state index >= 15 is 0 Å². The van der Waals surface area contributed by atoms with E-state index < -0.39 is 40.9 Å². The van der Waals surface area contributed by atoms with Crippen LogP contribution in [0.15, 0.2) is 36.5 Å². The Morgan fingerprint density at radius 3 is 2.12 bits per heavy atom. The fourth-order valence-electron chi connectivity index (χ4n) is 2.31. The average molecular weight is 375 g/mol. The van der Waals surface area contributed by atoms with E-state index in [-0.39, 0.29) is 11.3 Å². The van der Waals surface area contributed by atoms with E-state index in [1.807, 2.05) is 0 Å². The standard InChI is InChI=1S/C15H7F6N3O2/c16-14(17,18)8-5-10-11(22-6-8)24(13(23-10)15(19,20)21)9-3-1-7(2-4-9)12(25)26/h1-6H,(H,25,26). The molecule has 1 aromatic carbocycles. The second-order valence-electron chi connectivity index (χ2n) is 5.19. The Kier molecular flexibility index (Phi) is 3.89. The predicted molar refractivity (Wildman–Crippen MR) is 75.8 cm³/mol. The predicted octanol–water partition coefficient (Wildman–Crippen LogP) is 4.16. The molecule has 1 N–H and O–H groups in total. The van der Waals surface area contributed by atoms with Crippen LogP contribution in [0.1, 0.15) is 21.7 Å². The molecule has 0 amide bonds. The van der Waals surface area contributed by atoms with E-state index in [2.05, 4.69) is 9.97 Å². The Hall–Kier alpha value is -3.11. The lowest BCUT2D eigenvalue weighted by Crippen LogP contribution is -2.14. The van der Waals surface area contributed by atoms with Crippen LogP contribution < -0.4 is 0 Å². The maximum Gasteiger partial charge on any atom is 0.450 e. The summed E-state index contributed by atoms with van der Waals surface area (Å²) in [5.74, 6) is -2.75. The first-order chi connectivity index (χ1) is 12.0. The fraction of sp³-hybridized carbons (Fsp3) is 0.133. The van der Waals surface area contributed by atoms with Crippen LogP contribution in [0.4, 0.5) is 26.3 Å². The number of alkyl halides is 6. The number of nitrogens with zero attached hydrogens (tertiary/aromatic N) is 3. The summed E-state index contributed by atoms with van der Waals surface area (Å²) in [6, 6.07) is 4.76. The minimum absolute atomic E-state index is 0.142. The Balaban J connectivity index is 2.26. The van der Waals surface area contributed by atoms with Gasteiger partial charge in [0.2, 0.25) is 5.82 Å². The van der Waals surface area contributed by atoms with E-state index in [0.29, 0.717) is 16.8 Å². The molecule has 2 heterocycles. The van der Waals surface area contributed by atoms with Gasteiger partial charge in [0.1, 0.15) is 5.52 Å². The second kappa shape index (κ2) is 5.71. The third-order valence-electron chi connectivity index (χ3n) is 3.45. The van der Waals surface area contributed by atoms with Crippen LogP contribution in [0.25, 0.3) is 16.9 Å². The van der Waals surface area contributed by atoms with Crippen molar-refractivity contribution >= 4 is 17.1 Å². The second-order valence-corrected chi connectivity index (χ2v) is 5.19. The van der Waals surface area contributed by atoms with Gasteiger partial charge in [-0.1, -0.05) is 0 Å². The molecule has 2 aromatic heterocycles. The average Bonchev–Trinajstić information content (AvgIpc) is 2.93. The Morgan fingerprint density at radius 2 is 1.62 bits per heavy atom. The normalized spacial score (nSPS) is 12.5. The van der Waals surface area contributed by atoms with Gasteiger partial charge in [-0.3, -0.25) is 4.57 Å². The van der Waals surface area contributed by atoms with Gasteiger partial charge in [-0.2, -0.15) is 26.3 Å². The van der Waals surface area contributed by atoms with Gasteiger partial charge in [0.15, 0.2) is 5.65 Å². The van der Waals surface area contributed by atoms with Crippen molar-refractivity contribution in [1.82, 2.24) is 14.5 Å². The molecule has 0 unspecified atom stereocenters.